The Hall–Kier alpha value is -3.28. The minimum Gasteiger partial charge on any atom is -0.344 e. The standard InChI is InChI=1S/C22H20FN3O2/c1-14-13-20(27)21(25-26(14)19-12-5-4-10-17(19)23)22(28)24-18-11-6-8-15-7-2-3-9-16(15)18/h2-5,7,9-10,12-13,18H,6,8,11H2,1H3,(H,24,28). The maximum absolute atomic E-state index is 14.2. The van der Waals surface area contributed by atoms with Crippen molar-refractivity contribution in [2.75, 3.05) is 0 Å². The van der Waals surface area contributed by atoms with Gasteiger partial charge in [0.1, 0.15) is 11.5 Å². The van der Waals surface area contributed by atoms with Gasteiger partial charge in [-0.25, -0.2) is 9.07 Å². The molecule has 4 rings (SSSR count). The van der Waals surface area contributed by atoms with Gasteiger partial charge in [0.25, 0.3) is 5.91 Å². The van der Waals surface area contributed by atoms with Crippen LogP contribution < -0.4 is 10.7 Å². The summed E-state index contributed by atoms with van der Waals surface area (Å²) >= 11 is 0. The van der Waals surface area contributed by atoms with Crippen LogP contribution in [0, 0.1) is 12.7 Å². The number of hydrogen-bond donors (Lipinski definition) is 1. The monoisotopic (exact) mass is 377 g/mol. The third-order valence-corrected chi connectivity index (χ3v) is 5.08. The van der Waals surface area contributed by atoms with Gasteiger partial charge in [-0.2, -0.15) is 5.10 Å². The molecule has 142 valence electrons. The molecule has 0 bridgehead atoms. The molecule has 28 heavy (non-hydrogen) atoms. The van der Waals surface area contributed by atoms with E-state index in [2.05, 4.69) is 16.5 Å². The first-order chi connectivity index (χ1) is 13.5. The summed E-state index contributed by atoms with van der Waals surface area (Å²) in [6.45, 7) is 1.65. The van der Waals surface area contributed by atoms with E-state index in [1.165, 1.54) is 22.4 Å². The summed E-state index contributed by atoms with van der Waals surface area (Å²) in [7, 11) is 0. The quantitative estimate of drug-likeness (QED) is 0.760. The Morgan fingerprint density at radius 2 is 1.93 bits per heavy atom. The lowest BCUT2D eigenvalue weighted by Crippen LogP contribution is -2.35. The fraction of sp³-hybridized carbons (Fsp3) is 0.227. The van der Waals surface area contributed by atoms with Crippen molar-refractivity contribution in [1.29, 1.82) is 0 Å². The molecule has 0 spiro atoms. The molecule has 0 saturated heterocycles. The zero-order valence-electron chi connectivity index (χ0n) is 15.5. The average Bonchev–Trinajstić information content (AvgIpc) is 2.69. The van der Waals surface area contributed by atoms with E-state index in [0.717, 1.165) is 24.8 Å². The Labute approximate surface area is 161 Å². The molecule has 1 heterocycles. The van der Waals surface area contributed by atoms with Crippen LogP contribution in [0.15, 0.2) is 59.4 Å². The fourth-order valence-electron chi connectivity index (χ4n) is 3.70. The molecule has 1 unspecified atom stereocenters. The van der Waals surface area contributed by atoms with E-state index in [-0.39, 0.29) is 17.4 Å². The van der Waals surface area contributed by atoms with Crippen molar-refractivity contribution in [3.63, 3.8) is 0 Å². The lowest BCUT2D eigenvalue weighted by atomic mass is 9.87. The topological polar surface area (TPSA) is 64.0 Å². The number of aromatic nitrogens is 2. The molecular formula is C22H20FN3O2. The van der Waals surface area contributed by atoms with Crippen molar-refractivity contribution in [3.8, 4) is 5.69 Å². The highest BCUT2D eigenvalue weighted by Gasteiger charge is 2.24. The Bertz CT molecular complexity index is 1110. The molecule has 1 aliphatic rings. The van der Waals surface area contributed by atoms with E-state index in [9.17, 15) is 14.0 Å². The van der Waals surface area contributed by atoms with Gasteiger partial charge in [-0.1, -0.05) is 36.4 Å². The first kappa shape index (κ1) is 18.1. The summed E-state index contributed by atoms with van der Waals surface area (Å²) in [5, 5.41) is 7.11. The van der Waals surface area contributed by atoms with Gasteiger partial charge in [-0.05, 0) is 49.4 Å². The van der Waals surface area contributed by atoms with Crippen LogP contribution in [0.3, 0.4) is 0 Å². The molecule has 3 aromatic rings. The van der Waals surface area contributed by atoms with Gasteiger partial charge in [0.15, 0.2) is 5.69 Å². The average molecular weight is 377 g/mol. The van der Waals surface area contributed by atoms with Gasteiger partial charge in [0.05, 0.1) is 6.04 Å². The smallest absolute Gasteiger partial charge is 0.276 e. The molecule has 0 saturated carbocycles. The van der Waals surface area contributed by atoms with Crippen LogP contribution in [-0.4, -0.2) is 15.7 Å². The van der Waals surface area contributed by atoms with Crippen molar-refractivity contribution >= 4 is 5.91 Å². The second-order valence-electron chi connectivity index (χ2n) is 6.98. The van der Waals surface area contributed by atoms with E-state index in [1.807, 2.05) is 18.2 Å². The predicted molar refractivity (Wildman–Crippen MR) is 104 cm³/mol. The van der Waals surface area contributed by atoms with E-state index in [4.69, 9.17) is 0 Å². The first-order valence-corrected chi connectivity index (χ1v) is 9.29. The van der Waals surface area contributed by atoms with Crippen LogP contribution in [-0.2, 0) is 6.42 Å². The largest absolute Gasteiger partial charge is 0.344 e. The number of para-hydroxylation sites is 1. The second-order valence-corrected chi connectivity index (χ2v) is 6.98. The SMILES string of the molecule is Cc1cc(=O)c(C(=O)NC2CCCc3ccccc32)nn1-c1ccccc1F. The molecule has 1 aliphatic carbocycles. The maximum Gasteiger partial charge on any atom is 0.276 e. The minimum atomic E-state index is -0.545. The Kier molecular flexibility index (Phi) is 4.77. The van der Waals surface area contributed by atoms with Crippen molar-refractivity contribution in [2.24, 2.45) is 0 Å². The van der Waals surface area contributed by atoms with E-state index in [1.54, 1.807) is 25.1 Å². The summed E-state index contributed by atoms with van der Waals surface area (Å²) in [6.07, 6.45) is 2.74. The second kappa shape index (κ2) is 7.38. The third-order valence-electron chi connectivity index (χ3n) is 5.08. The fourth-order valence-corrected chi connectivity index (χ4v) is 3.70. The first-order valence-electron chi connectivity index (χ1n) is 9.29. The number of carbonyl (C=O) groups is 1. The molecule has 5 nitrogen and oxygen atoms in total. The van der Waals surface area contributed by atoms with Crippen LogP contribution >= 0.6 is 0 Å². The number of rotatable bonds is 3. The summed E-state index contributed by atoms with van der Waals surface area (Å²) < 4.78 is 15.5. The molecule has 6 heteroatoms. The van der Waals surface area contributed by atoms with E-state index >= 15 is 0 Å². The molecule has 0 fully saturated rings. The van der Waals surface area contributed by atoms with Crippen LogP contribution in [0.5, 0.6) is 0 Å². The number of halogens is 1. The summed E-state index contributed by atoms with van der Waals surface area (Å²) in [5.74, 6) is -1.02. The van der Waals surface area contributed by atoms with Crippen LogP contribution in [0.25, 0.3) is 5.69 Å². The van der Waals surface area contributed by atoms with Crippen LogP contribution in [0.1, 0.15) is 46.2 Å². The molecule has 1 amide bonds. The number of nitrogens with zero attached hydrogens (tertiary/aromatic N) is 2. The molecule has 2 aromatic carbocycles. The third kappa shape index (κ3) is 3.33. The van der Waals surface area contributed by atoms with E-state index < -0.39 is 17.2 Å². The van der Waals surface area contributed by atoms with Gasteiger partial charge in [0, 0.05) is 11.8 Å². The number of nitrogens with one attached hydrogen (secondary N) is 1. The van der Waals surface area contributed by atoms with E-state index in [0.29, 0.717) is 5.69 Å². The summed E-state index contributed by atoms with van der Waals surface area (Å²) in [5.41, 5.74) is 2.21. The van der Waals surface area contributed by atoms with Gasteiger partial charge >= 0.3 is 0 Å². The number of benzene rings is 2. The molecular weight excluding hydrogens is 357 g/mol. The molecule has 1 aromatic heterocycles. The van der Waals surface area contributed by atoms with Gasteiger partial charge in [-0.15, -0.1) is 0 Å². The van der Waals surface area contributed by atoms with Crippen molar-refractivity contribution in [2.45, 2.75) is 32.2 Å². The maximum atomic E-state index is 14.2. The zero-order valence-corrected chi connectivity index (χ0v) is 15.5. The highest BCUT2D eigenvalue weighted by atomic mass is 19.1. The predicted octanol–water partition coefficient (Wildman–Crippen LogP) is 3.49. The Morgan fingerprint density at radius 1 is 1.18 bits per heavy atom. The highest BCUT2D eigenvalue weighted by molar-refractivity contribution is 5.92. The Morgan fingerprint density at radius 3 is 2.75 bits per heavy atom. The number of carbonyl (C=O) groups excluding carboxylic acids is 1. The lowest BCUT2D eigenvalue weighted by Gasteiger charge is -2.26. The number of amides is 1. The van der Waals surface area contributed by atoms with Gasteiger partial charge in [-0.3, -0.25) is 9.59 Å². The summed E-state index contributed by atoms with van der Waals surface area (Å²) in [6, 6.07) is 15.2. The lowest BCUT2D eigenvalue weighted by molar-refractivity contribution is 0.0924. The van der Waals surface area contributed by atoms with Gasteiger partial charge in [0.2, 0.25) is 5.43 Å². The van der Waals surface area contributed by atoms with Crippen LogP contribution in [0.4, 0.5) is 4.39 Å². The molecule has 0 radical (unpaired) electrons. The van der Waals surface area contributed by atoms with Crippen molar-refractivity contribution in [1.82, 2.24) is 15.1 Å². The number of hydrogen-bond acceptors (Lipinski definition) is 3. The minimum absolute atomic E-state index is 0.165. The van der Waals surface area contributed by atoms with Crippen molar-refractivity contribution in [3.05, 3.63) is 93.2 Å². The molecule has 0 aliphatic heterocycles. The van der Waals surface area contributed by atoms with Crippen LogP contribution in [0.2, 0.25) is 0 Å². The highest BCUT2D eigenvalue weighted by Crippen LogP contribution is 2.29. The Balaban J connectivity index is 1.68. The number of aryl methyl sites for hydroxylation is 2. The summed E-state index contributed by atoms with van der Waals surface area (Å²) in [4.78, 5) is 25.2. The van der Waals surface area contributed by atoms with Gasteiger partial charge < -0.3 is 5.32 Å². The van der Waals surface area contributed by atoms with Crippen molar-refractivity contribution < 1.29 is 9.18 Å². The number of fused-ring (bicyclic) bond motifs is 1. The zero-order chi connectivity index (χ0) is 19.7. The molecule has 1 atom stereocenters. The molecule has 1 N–H and O–H groups in total. The normalized spacial score (nSPS) is 15.7.